The van der Waals surface area contributed by atoms with Gasteiger partial charge in [0.15, 0.2) is 0 Å². The van der Waals surface area contributed by atoms with Gasteiger partial charge in [-0.15, -0.1) is 0 Å². The van der Waals surface area contributed by atoms with Gasteiger partial charge in [0.2, 0.25) is 0 Å². The van der Waals surface area contributed by atoms with E-state index in [9.17, 15) is 10.2 Å². The quantitative estimate of drug-likeness (QED) is 0.332. The molecule has 0 atom stereocenters. The van der Waals surface area contributed by atoms with Crippen molar-refractivity contribution >= 4 is 0 Å². The zero-order chi connectivity index (χ0) is 23.1. The van der Waals surface area contributed by atoms with Crippen molar-refractivity contribution in [1.29, 1.82) is 0 Å². The molecule has 2 aromatic rings. The Balaban J connectivity index is 2.28. The number of aromatic hydroxyl groups is 2. The highest BCUT2D eigenvalue weighted by atomic mass is 16.5. The Morgan fingerprint density at radius 2 is 1.35 bits per heavy atom. The average molecular weight is 423 g/mol. The second kappa shape index (κ2) is 11.2. The van der Waals surface area contributed by atoms with Gasteiger partial charge in [-0.25, -0.2) is 0 Å². The Bertz CT molecular complexity index is 905. The molecule has 0 saturated carbocycles. The summed E-state index contributed by atoms with van der Waals surface area (Å²) in [5.74, 6) is 0.286. The summed E-state index contributed by atoms with van der Waals surface area (Å²) in [5.41, 5.74) is 8.05. The lowest BCUT2D eigenvalue weighted by molar-refractivity contribution is 0.152. The highest BCUT2D eigenvalue weighted by Gasteiger charge is 2.23. The fraction of sp³-hybridized carbons (Fsp3) is 0.429. The molecule has 3 nitrogen and oxygen atoms in total. The van der Waals surface area contributed by atoms with Gasteiger partial charge < -0.3 is 14.9 Å². The fourth-order valence-corrected chi connectivity index (χ4v) is 3.94. The Morgan fingerprint density at radius 1 is 0.839 bits per heavy atom. The van der Waals surface area contributed by atoms with Gasteiger partial charge in [-0.2, -0.15) is 0 Å². The average Bonchev–Trinajstić information content (AvgIpc) is 2.68. The van der Waals surface area contributed by atoms with Crippen LogP contribution < -0.4 is 0 Å². The monoisotopic (exact) mass is 422 g/mol. The van der Waals surface area contributed by atoms with Gasteiger partial charge in [0.1, 0.15) is 11.5 Å². The van der Waals surface area contributed by atoms with Crippen molar-refractivity contribution < 1.29 is 14.9 Å². The van der Waals surface area contributed by atoms with E-state index in [4.69, 9.17) is 4.74 Å². The van der Waals surface area contributed by atoms with Crippen LogP contribution in [0.1, 0.15) is 72.9 Å². The van der Waals surface area contributed by atoms with E-state index in [0.29, 0.717) is 13.2 Å². The highest BCUT2D eigenvalue weighted by molar-refractivity contribution is 5.53. The minimum Gasteiger partial charge on any atom is -0.507 e. The van der Waals surface area contributed by atoms with Gasteiger partial charge in [0.05, 0.1) is 13.2 Å². The smallest absolute Gasteiger partial charge is 0.122 e. The van der Waals surface area contributed by atoms with Gasteiger partial charge in [-0.3, -0.25) is 0 Å². The van der Waals surface area contributed by atoms with E-state index >= 15 is 0 Å². The predicted molar refractivity (Wildman–Crippen MR) is 130 cm³/mol. The van der Waals surface area contributed by atoms with Crippen molar-refractivity contribution in [2.75, 3.05) is 13.2 Å². The third kappa shape index (κ3) is 7.00. The number of hydrogen-bond acceptors (Lipinski definition) is 3. The normalized spacial score (nSPS) is 11.8. The van der Waals surface area contributed by atoms with E-state index < -0.39 is 0 Å². The van der Waals surface area contributed by atoms with E-state index in [1.807, 2.05) is 52.0 Å². The van der Waals surface area contributed by atoms with Crippen LogP contribution in [0, 0.1) is 27.7 Å². The first-order valence-electron chi connectivity index (χ1n) is 11.1. The molecule has 0 aliphatic heterocycles. The van der Waals surface area contributed by atoms with Gasteiger partial charge in [0, 0.05) is 17.0 Å². The van der Waals surface area contributed by atoms with Crippen LogP contribution in [0.3, 0.4) is 0 Å². The second-order valence-corrected chi connectivity index (χ2v) is 9.00. The lowest BCUT2D eigenvalue weighted by atomic mass is 9.86. The lowest BCUT2D eigenvalue weighted by Crippen LogP contribution is -2.12. The maximum Gasteiger partial charge on any atom is 0.122 e. The standard InChI is InChI=1S/C28H38O3/c1-18(2)9-8-10-19(3)11-12-31-17-26(24-15-20(4)13-22(6)27(24)29)25-16-21(5)14-23(7)28(25)30/h9,11,13-16,26,29-30H,8,10,12,17H2,1-7H3/b19-11+. The number of phenols is 2. The van der Waals surface area contributed by atoms with Crippen molar-refractivity contribution in [3.8, 4) is 11.5 Å². The largest absolute Gasteiger partial charge is 0.507 e. The summed E-state index contributed by atoms with van der Waals surface area (Å²) in [4.78, 5) is 0. The molecule has 2 rings (SSSR count). The molecule has 0 unspecified atom stereocenters. The summed E-state index contributed by atoms with van der Waals surface area (Å²) in [6, 6.07) is 7.93. The van der Waals surface area contributed by atoms with E-state index in [1.54, 1.807) is 0 Å². The molecule has 2 N–H and O–H groups in total. The minimum atomic E-state index is -0.253. The number of rotatable bonds is 9. The molecule has 0 aliphatic carbocycles. The molecule has 0 heterocycles. The van der Waals surface area contributed by atoms with Crippen LogP contribution in [0.2, 0.25) is 0 Å². The highest BCUT2D eigenvalue weighted by Crippen LogP contribution is 2.39. The summed E-state index contributed by atoms with van der Waals surface area (Å²) in [7, 11) is 0. The first-order chi connectivity index (χ1) is 14.6. The van der Waals surface area contributed by atoms with Crippen LogP contribution in [0.15, 0.2) is 47.6 Å². The molecule has 0 radical (unpaired) electrons. The van der Waals surface area contributed by atoms with Gasteiger partial charge in [-0.05, 0) is 72.4 Å². The Hall–Kier alpha value is -2.52. The summed E-state index contributed by atoms with van der Waals surface area (Å²) < 4.78 is 6.06. The lowest BCUT2D eigenvalue weighted by Gasteiger charge is -2.23. The molecule has 0 amide bonds. The molecule has 3 heteroatoms. The molecule has 168 valence electrons. The summed E-state index contributed by atoms with van der Waals surface area (Å²) in [6.45, 7) is 15.1. The number of phenolic OH excluding ortho intramolecular Hbond substituents is 2. The molecule has 31 heavy (non-hydrogen) atoms. The van der Waals surface area contributed by atoms with E-state index in [2.05, 4.69) is 32.9 Å². The number of allylic oxidation sites excluding steroid dienone is 3. The predicted octanol–water partition coefficient (Wildman–Crippen LogP) is 7.17. The first kappa shape index (κ1) is 24.7. The second-order valence-electron chi connectivity index (χ2n) is 9.00. The van der Waals surface area contributed by atoms with Gasteiger partial charge >= 0.3 is 0 Å². The Kier molecular flexibility index (Phi) is 8.94. The van der Waals surface area contributed by atoms with Crippen molar-refractivity contribution in [2.45, 2.75) is 67.2 Å². The maximum atomic E-state index is 10.8. The van der Waals surface area contributed by atoms with Crippen molar-refractivity contribution in [3.05, 3.63) is 80.9 Å². The molecule has 0 saturated heterocycles. The van der Waals surface area contributed by atoms with Crippen LogP contribution in [0.5, 0.6) is 11.5 Å². The van der Waals surface area contributed by atoms with Crippen LogP contribution in [0.4, 0.5) is 0 Å². The van der Waals surface area contributed by atoms with Gasteiger partial charge in [-0.1, -0.05) is 58.7 Å². The molecular formula is C28H38O3. The minimum absolute atomic E-state index is 0.253. The van der Waals surface area contributed by atoms with E-state index in [0.717, 1.165) is 46.2 Å². The zero-order valence-corrected chi connectivity index (χ0v) is 20.2. The maximum absolute atomic E-state index is 10.8. The van der Waals surface area contributed by atoms with E-state index in [-0.39, 0.29) is 17.4 Å². The van der Waals surface area contributed by atoms with Crippen molar-refractivity contribution in [3.63, 3.8) is 0 Å². The van der Waals surface area contributed by atoms with Crippen molar-refractivity contribution in [2.24, 2.45) is 0 Å². The Morgan fingerprint density at radius 3 is 1.84 bits per heavy atom. The molecule has 0 aromatic heterocycles. The molecule has 2 aromatic carbocycles. The molecule has 0 fully saturated rings. The van der Waals surface area contributed by atoms with Crippen LogP contribution in [-0.2, 0) is 4.74 Å². The third-order valence-corrected chi connectivity index (χ3v) is 5.62. The van der Waals surface area contributed by atoms with E-state index in [1.165, 1.54) is 11.1 Å². The van der Waals surface area contributed by atoms with Crippen LogP contribution in [0.25, 0.3) is 0 Å². The SMILES string of the molecule is CC(C)=CCC/C(C)=C/COCC(c1cc(C)cc(C)c1O)c1cc(C)cc(C)c1O. The third-order valence-electron chi connectivity index (χ3n) is 5.62. The van der Waals surface area contributed by atoms with Gasteiger partial charge in [0.25, 0.3) is 0 Å². The Labute approximate surface area is 188 Å². The summed E-state index contributed by atoms with van der Waals surface area (Å²) >= 11 is 0. The van der Waals surface area contributed by atoms with Crippen LogP contribution in [-0.4, -0.2) is 23.4 Å². The topological polar surface area (TPSA) is 49.7 Å². The number of benzene rings is 2. The number of ether oxygens (including phenoxy) is 1. The van der Waals surface area contributed by atoms with Crippen molar-refractivity contribution in [1.82, 2.24) is 0 Å². The molecule has 0 aliphatic rings. The van der Waals surface area contributed by atoms with Crippen LogP contribution >= 0.6 is 0 Å². The molecule has 0 spiro atoms. The first-order valence-corrected chi connectivity index (χ1v) is 11.1. The summed E-state index contributed by atoms with van der Waals surface area (Å²) in [5, 5.41) is 21.6. The zero-order valence-electron chi connectivity index (χ0n) is 20.2. The number of aryl methyl sites for hydroxylation is 4. The summed E-state index contributed by atoms with van der Waals surface area (Å²) in [6.07, 6.45) is 6.44. The fourth-order valence-electron chi connectivity index (χ4n) is 3.94. The molecule has 0 bridgehead atoms. The number of hydrogen-bond donors (Lipinski definition) is 2. The molecular weight excluding hydrogens is 384 g/mol.